The molecule has 0 aliphatic heterocycles. The second-order valence-corrected chi connectivity index (χ2v) is 5.21. The molecule has 1 heterocycles. The molecule has 1 rings (SSSR count). The second-order valence-electron chi connectivity index (χ2n) is 1.19. The van der Waals surface area contributed by atoms with Crippen molar-refractivity contribution >= 4 is 45.7 Å². The minimum absolute atomic E-state index is 1.15. The minimum Gasteiger partial charge on any atom is -0.137 e. The summed E-state index contributed by atoms with van der Waals surface area (Å²) < 4.78 is 2.57. The van der Waals surface area contributed by atoms with Crippen LogP contribution in [0.2, 0.25) is 0 Å². The number of thioether (sulfide) groups is 1. The number of rotatable bonds is 2. The van der Waals surface area contributed by atoms with Crippen LogP contribution in [0.5, 0.6) is 0 Å². The fraction of sp³-hybridized carbons (Fsp3) is 0.200. The van der Waals surface area contributed by atoms with Crippen LogP contribution >= 0.6 is 45.7 Å². The average molecular weight is 256 g/mol. The molecule has 0 saturated carbocycles. The third kappa shape index (κ3) is 1.95. The summed E-state index contributed by atoms with van der Waals surface area (Å²) >= 11 is 6.05. The van der Waals surface area contributed by atoms with E-state index in [4.69, 9.17) is 0 Å². The molecule has 8 heavy (non-hydrogen) atoms. The predicted molar refractivity (Wildman–Crippen MR) is 49.1 cm³/mol. The van der Waals surface area contributed by atoms with Gasteiger partial charge in [-0.2, -0.15) is 0 Å². The molecule has 0 fully saturated rings. The van der Waals surface area contributed by atoms with Crippen molar-refractivity contribution < 1.29 is 0 Å². The Morgan fingerprint density at radius 2 is 2.62 bits per heavy atom. The van der Waals surface area contributed by atoms with Crippen LogP contribution in [-0.2, 0) is 0 Å². The number of thiophene rings is 1. The average Bonchev–Trinajstić information content (AvgIpc) is 2.19. The molecule has 1 aromatic rings. The van der Waals surface area contributed by atoms with E-state index in [9.17, 15) is 0 Å². The number of alkyl halides is 1. The Kier molecular flexibility index (Phi) is 3.22. The molecular weight excluding hydrogens is 251 g/mol. The molecule has 3 heteroatoms. The molecular formula is C5H5IS2. The van der Waals surface area contributed by atoms with Gasteiger partial charge >= 0.3 is 0 Å². The molecule has 0 aromatic carbocycles. The smallest absolute Gasteiger partial charge is 0.0605 e. The first-order chi connectivity index (χ1) is 3.93. The highest BCUT2D eigenvalue weighted by Gasteiger charge is 1.88. The first-order valence-electron chi connectivity index (χ1n) is 2.16. The lowest BCUT2D eigenvalue weighted by Crippen LogP contribution is -1.54. The largest absolute Gasteiger partial charge is 0.137 e. The summed E-state index contributed by atoms with van der Waals surface area (Å²) in [5, 5.41) is 2.11. The van der Waals surface area contributed by atoms with E-state index in [0.29, 0.717) is 0 Å². The van der Waals surface area contributed by atoms with Crippen molar-refractivity contribution in [2.24, 2.45) is 0 Å². The Morgan fingerprint density at radius 3 is 3.12 bits per heavy atom. The van der Waals surface area contributed by atoms with E-state index in [0.717, 1.165) is 3.76 Å². The van der Waals surface area contributed by atoms with E-state index < -0.39 is 0 Å². The maximum atomic E-state index is 2.36. The van der Waals surface area contributed by atoms with E-state index in [2.05, 4.69) is 40.1 Å². The molecule has 0 bridgehead atoms. The van der Waals surface area contributed by atoms with Crippen molar-refractivity contribution in [2.75, 3.05) is 3.76 Å². The third-order valence-electron chi connectivity index (χ3n) is 0.692. The van der Waals surface area contributed by atoms with Gasteiger partial charge in [0, 0.05) is 0 Å². The van der Waals surface area contributed by atoms with E-state index in [1.165, 1.54) is 4.21 Å². The van der Waals surface area contributed by atoms with Crippen molar-refractivity contribution in [3.63, 3.8) is 0 Å². The van der Waals surface area contributed by atoms with E-state index in [-0.39, 0.29) is 0 Å². The zero-order valence-electron chi connectivity index (χ0n) is 4.13. The lowest BCUT2D eigenvalue weighted by atomic mass is 10.7. The predicted octanol–water partition coefficient (Wildman–Crippen LogP) is 3.23. The van der Waals surface area contributed by atoms with Crippen LogP contribution in [0.15, 0.2) is 21.7 Å². The highest BCUT2D eigenvalue weighted by molar-refractivity contribution is 14.1. The molecule has 0 spiro atoms. The quantitative estimate of drug-likeness (QED) is 0.444. The van der Waals surface area contributed by atoms with Gasteiger partial charge in [-0.1, -0.05) is 28.7 Å². The summed E-state index contributed by atoms with van der Waals surface area (Å²) in [4.78, 5) is 0. The van der Waals surface area contributed by atoms with Crippen molar-refractivity contribution in [1.29, 1.82) is 0 Å². The molecule has 0 atom stereocenters. The molecule has 0 nitrogen and oxygen atoms in total. The Balaban J connectivity index is 2.50. The van der Waals surface area contributed by atoms with Crippen LogP contribution in [0.25, 0.3) is 0 Å². The van der Waals surface area contributed by atoms with Gasteiger partial charge in [-0.05, 0) is 11.4 Å². The SMILES string of the molecule is ICSc1cccs1. The van der Waals surface area contributed by atoms with E-state index >= 15 is 0 Å². The van der Waals surface area contributed by atoms with Gasteiger partial charge in [0.05, 0.1) is 7.97 Å². The summed E-state index contributed by atoms with van der Waals surface area (Å²) in [6, 6.07) is 4.23. The topological polar surface area (TPSA) is 0 Å². The summed E-state index contributed by atoms with van der Waals surface area (Å²) in [6.07, 6.45) is 0. The summed E-state index contributed by atoms with van der Waals surface area (Å²) in [7, 11) is 0. The maximum absolute atomic E-state index is 2.36. The van der Waals surface area contributed by atoms with Gasteiger partial charge in [0.1, 0.15) is 0 Å². The van der Waals surface area contributed by atoms with Crippen LogP contribution < -0.4 is 0 Å². The van der Waals surface area contributed by atoms with Gasteiger partial charge < -0.3 is 0 Å². The van der Waals surface area contributed by atoms with E-state index in [1.54, 1.807) is 11.3 Å². The fourth-order valence-corrected chi connectivity index (χ4v) is 3.39. The summed E-state index contributed by atoms with van der Waals surface area (Å²) in [6.45, 7) is 0. The van der Waals surface area contributed by atoms with Gasteiger partial charge in [0.25, 0.3) is 0 Å². The molecule has 0 N–H and O–H groups in total. The zero-order chi connectivity index (χ0) is 5.82. The van der Waals surface area contributed by atoms with Gasteiger partial charge in [0.2, 0.25) is 0 Å². The van der Waals surface area contributed by atoms with Crippen LogP contribution in [0, 0.1) is 0 Å². The van der Waals surface area contributed by atoms with Gasteiger partial charge in [-0.25, -0.2) is 0 Å². The van der Waals surface area contributed by atoms with E-state index in [1.807, 2.05) is 11.8 Å². The lowest BCUT2D eigenvalue weighted by molar-refractivity contribution is 1.74. The molecule has 0 unspecified atom stereocenters. The van der Waals surface area contributed by atoms with Gasteiger partial charge in [-0.15, -0.1) is 23.1 Å². The normalized spacial score (nSPS) is 9.62. The Morgan fingerprint density at radius 1 is 1.75 bits per heavy atom. The third-order valence-corrected chi connectivity index (χ3v) is 3.46. The van der Waals surface area contributed by atoms with Gasteiger partial charge in [-0.3, -0.25) is 0 Å². The molecule has 0 radical (unpaired) electrons. The molecule has 1 aromatic heterocycles. The Bertz CT molecular complexity index is 136. The highest BCUT2D eigenvalue weighted by atomic mass is 127. The lowest BCUT2D eigenvalue weighted by Gasteiger charge is -1.84. The Hall–Kier alpha value is 0.780. The molecule has 0 saturated heterocycles. The van der Waals surface area contributed by atoms with Crippen LogP contribution in [-0.4, -0.2) is 3.76 Å². The molecule has 44 valence electrons. The number of halogens is 1. The first kappa shape index (κ1) is 6.89. The van der Waals surface area contributed by atoms with Crippen molar-refractivity contribution in [3.8, 4) is 0 Å². The first-order valence-corrected chi connectivity index (χ1v) is 5.55. The maximum Gasteiger partial charge on any atom is 0.0605 e. The number of hydrogen-bond donors (Lipinski definition) is 0. The summed E-state index contributed by atoms with van der Waals surface area (Å²) in [5.74, 6) is 0. The minimum atomic E-state index is 1.15. The van der Waals surface area contributed by atoms with Crippen molar-refractivity contribution in [1.82, 2.24) is 0 Å². The zero-order valence-corrected chi connectivity index (χ0v) is 7.92. The van der Waals surface area contributed by atoms with Crippen molar-refractivity contribution in [2.45, 2.75) is 4.21 Å². The van der Waals surface area contributed by atoms with Crippen LogP contribution in [0.3, 0.4) is 0 Å². The standard InChI is InChI=1S/C5H5IS2/c6-4-8-5-2-1-3-7-5/h1-3H,4H2. The molecule has 0 aliphatic carbocycles. The van der Waals surface area contributed by atoms with Crippen molar-refractivity contribution in [3.05, 3.63) is 17.5 Å². The summed E-state index contributed by atoms with van der Waals surface area (Å²) in [5.41, 5.74) is 0. The fourth-order valence-electron chi connectivity index (χ4n) is 0.399. The number of hydrogen-bond acceptors (Lipinski definition) is 2. The monoisotopic (exact) mass is 256 g/mol. The van der Waals surface area contributed by atoms with Crippen LogP contribution in [0.1, 0.15) is 0 Å². The molecule has 0 amide bonds. The highest BCUT2D eigenvalue weighted by Crippen LogP contribution is 2.24. The Labute approximate surface area is 70.8 Å². The van der Waals surface area contributed by atoms with Crippen LogP contribution in [0.4, 0.5) is 0 Å². The molecule has 0 aliphatic rings. The second kappa shape index (κ2) is 3.74. The van der Waals surface area contributed by atoms with Gasteiger partial charge in [0.15, 0.2) is 0 Å².